The molecule has 3 rings (SSSR count). The van der Waals surface area contributed by atoms with E-state index in [9.17, 15) is 14.4 Å². The molecule has 2 aromatic carbocycles. The van der Waals surface area contributed by atoms with Gasteiger partial charge in [0.05, 0.1) is 16.1 Å². The maximum Gasteiger partial charge on any atom is 0.262 e. The van der Waals surface area contributed by atoms with Gasteiger partial charge >= 0.3 is 0 Å². The molecule has 1 N–H and O–H groups in total. The Balaban J connectivity index is 1.67. The number of imide groups is 1. The number of amides is 3. The van der Waals surface area contributed by atoms with Crippen LogP contribution in [0.25, 0.3) is 0 Å². The summed E-state index contributed by atoms with van der Waals surface area (Å²) in [5.74, 6) is -0.718. The van der Waals surface area contributed by atoms with Crippen molar-refractivity contribution in [2.45, 2.75) is 6.92 Å². The Hall–Kier alpha value is -2.86. The fourth-order valence-corrected chi connectivity index (χ4v) is 2.67. The van der Waals surface area contributed by atoms with Crippen molar-refractivity contribution in [2.75, 3.05) is 19.0 Å². The van der Waals surface area contributed by atoms with Gasteiger partial charge in [0, 0.05) is 12.7 Å². The van der Waals surface area contributed by atoms with E-state index in [-0.39, 0.29) is 24.0 Å². The van der Waals surface area contributed by atoms with Gasteiger partial charge in [0.15, 0.2) is 6.61 Å². The second-order valence-electron chi connectivity index (χ2n) is 5.70. The van der Waals surface area contributed by atoms with Crippen molar-refractivity contribution in [3.05, 3.63) is 58.1 Å². The summed E-state index contributed by atoms with van der Waals surface area (Å²) in [5, 5.41) is 3.06. The predicted molar refractivity (Wildman–Crippen MR) is 93.2 cm³/mol. The number of carbonyl (C=O) groups excluding carboxylic acids is 3. The molecule has 0 spiro atoms. The lowest BCUT2D eigenvalue weighted by Gasteiger charge is -2.10. The van der Waals surface area contributed by atoms with Crippen LogP contribution in [0.2, 0.25) is 5.02 Å². The number of nitrogens with one attached hydrogen (secondary N) is 1. The van der Waals surface area contributed by atoms with E-state index in [0.717, 1.165) is 10.5 Å². The maximum absolute atomic E-state index is 12.1. The van der Waals surface area contributed by atoms with Crippen molar-refractivity contribution in [1.82, 2.24) is 4.90 Å². The topological polar surface area (TPSA) is 75.7 Å². The van der Waals surface area contributed by atoms with E-state index < -0.39 is 5.91 Å². The molecule has 6 nitrogen and oxygen atoms in total. The van der Waals surface area contributed by atoms with Crippen LogP contribution in [0.3, 0.4) is 0 Å². The van der Waals surface area contributed by atoms with Crippen molar-refractivity contribution in [3.63, 3.8) is 0 Å². The second-order valence-corrected chi connectivity index (χ2v) is 6.11. The van der Waals surface area contributed by atoms with Crippen LogP contribution in [0.4, 0.5) is 5.69 Å². The van der Waals surface area contributed by atoms with Crippen LogP contribution in [0.1, 0.15) is 26.3 Å². The van der Waals surface area contributed by atoms with E-state index in [1.807, 2.05) is 13.0 Å². The van der Waals surface area contributed by atoms with Crippen LogP contribution in [0.15, 0.2) is 36.4 Å². The lowest BCUT2D eigenvalue weighted by atomic mass is 10.1. The quantitative estimate of drug-likeness (QED) is 0.853. The van der Waals surface area contributed by atoms with E-state index in [4.69, 9.17) is 16.3 Å². The highest BCUT2D eigenvalue weighted by atomic mass is 35.5. The molecular formula is C18H15ClN2O4. The lowest BCUT2D eigenvalue weighted by molar-refractivity contribution is -0.118. The molecule has 0 saturated carbocycles. The molecular weight excluding hydrogens is 344 g/mol. The summed E-state index contributed by atoms with van der Waals surface area (Å²) in [4.78, 5) is 36.9. The predicted octanol–water partition coefficient (Wildman–Crippen LogP) is 2.89. The fraction of sp³-hybridized carbons (Fsp3) is 0.167. The number of anilines is 1. The zero-order valence-corrected chi connectivity index (χ0v) is 14.4. The Morgan fingerprint density at radius 2 is 1.84 bits per heavy atom. The molecule has 1 heterocycles. The second kappa shape index (κ2) is 6.57. The molecule has 0 bridgehead atoms. The third-order valence-corrected chi connectivity index (χ3v) is 4.13. The molecule has 0 aliphatic carbocycles. The van der Waals surface area contributed by atoms with Crippen LogP contribution in [0, 0.1) is 6.92 Å². The Labute approximate surface area is 149 Å². The van der Waals surface area contributed by atoms with E-state index >= 15 is 0 Å². The van der Waals surface area contributed by atoms with E-state index in [1.54, 1.807) is 18.2 Å². The Kier molecular flexibility index (Phi) is 4.46. The number of ether oxygens (including phenoxy) is 1. The molecule has 0 aromatic heterocycles. The summed E-state index contributed by atoms with van der Waals surface area (Å²) in [6.07, 6.45) is 0. The third kappa shape index (κ3) is 3.34. The van der Waals surface area contributed by atoms with E-state index in [0.29, 0.717) is 22.0 Å². The average molecular weight is 359 g/mol. The summed E-state index contributed by atoms with van der Waals surface area (Å²) in [7, 11) is 1.42. The van der Waals surface area contributed by atoms with Crippen LogP contribution in [0.5, 0.6) is 5.75 Å². The highest BCUT2D eigenvalue weighted by Crippen LogP contribution is 2.26. The monoisotopic (exact) mass is 358 g/mol. The summed E-state index contributed by atoms with van der Waals surface area (Å²) in [6, 6.07) is 9.86. The van der Waals surface area contributed by atoms with Crippen molar-refractivity contribution >= 4 is 35.0 Å². The number of hydrogen-bond acceptors (Lipinski definition) is 4. The van der Waals surface area contributed by atoms with E-state index in [1.165, 1.54) is 19.2 Å². The van der Waals surface area contributed by atoms with Crippen LogP contribution in [-0.4, -0.2) is 36.3 Å². The number of benzene rings is 2. The maximum atomic E-state index is 12.1. The first-order valence-corrected chi connectivity index (χ1v) is 7.90. The molecule has 2 aromatic rings. The number of carbonyl (C=O) groups is 3. The molecule has 0 radical (unpaired) electrons. The first-order valence-electron chi connectivity index (χ1n) is 7.52. The van der Waals surface area contributed by atoms with Crippen LogP contribution >= 0.6 is 11.6 Å². The van der Waals surface area contributed by atoms with Crippen molar-refractivity contribution < 1.29 is 19.1 Å². The first-order chi connectivity index (χ1) is 11.9. The smallest absolute Gasteiger partial charge is 0.262 e. The number of fused-ring (bicyclic) bond motifs is 1. The molecule has 1 aliphatic heterocycles. The largest absolute Gasteiger partial charge is 0.482 e. The zero-order chi connectivity index (χ0) is 18.1. The Morgan fingerprint density at radius 3 is 2.60 bits per heavy atom. The van der Waals surface area contributed by atoms with Gasteiger partial charge in [-0.1, -0.05) is 17.7 Å². The van der Waals surface area contributed by atoms with Gasteiger partial charge in [-0.2, -0.15) is 0 Å². The number of halogens is 1. The lowest BCUT2D eigenvalue weighted by Crippen LogP contribution is -2.24. The van der Waals surface area contributed by atoms with Gasteiger partial charge in [0.1, 0.15) is 5.75 Å². The summed E-state index contributed by atoms with van der Waals surface area (Å²) >= 11 is 6.02. The SMILES string of the molecule is Cc1ccc(Cl)c(OCC(=O)Nc2ccc3c(c2)C(=O)N(C)C3=O)c1. The highest BCUT2D eigenvalue weighted by Gasteiger charge is 2.32. The first kappa shape index (κ1) is 17.0. The number of aryl methyl sites for hydroxylation is 1. The summed E-state index contributed by atoms with van der Waals surface area (Å²) in [5.41, 5.74) is 1.98. The van der Waals surface area contributed by atoms with Gasteiger partial charge < -0.3 is 10.1 Å². The number of hydrogen-bond donors (Lipinski definition) is 1. The molecule has 128 valence electrons. The summed E-state index contributed by atoms with van der Waals surface area (Å²) in [6.45, 7) is 1.66. The van der Waals surface area contributed by atoms with Gasteiger partial charge in [0.2, 0.25) is 0 Å². The molecule has 25 heavy (non-hydrogen) atoms. The molecule has 7 heteroatoms. The van der Waals surface area contributed by atoms with Crippen LogP contribution < -0.4 is 10.1 Å². The summed E-state index contributed by atoms with van der Waals surface area (Å²) < 4.78 is 5.43. The highest BCUT2D eigenvalue weighted by molar-refractivity contribution is 6.32. The average Bonchev–Trinajstić information content (AvgIpc) is 2.80. The van der Waals surface area contributed by atoms with Gasteiger partial charge in [0.25, 0.3) is 17.7 Å². The Bertz CT molecular complexity index is 895. The Morgan fingerprint density at radius 1 is 1.12 bits per heavy atom. The van der Waals surface area contributed by atoms with Crippen LogP contribution in [-0.2, 0) is 4.79 Å². The minimum absolute atomic E-state index is 0.229. The molecule has 1 aliphatic rings. The minimum Gasteiger partial charge on any atom is -0.482 e. The van der Waals surface area contributed by atoms with Crippen molar-refractivity contribution in [2.24, 2.45) is 0 Å². The van der Waals surface area contributed by atoms with Gasteiger partial charge in [-0.25, -0.2) is 0 Å². The standard InChI is InChI=1S/C18H15ClN2O4/c1-10-3-6-14(19)15(7-10)25-9-16(22)20-11-4-5-12-13(8-11)18(24)21(2)17(12)23/h3-8H,9H2,1-2H3,(H,20,22). The normalized spacial score (nSPS) is 13.0. The van der Waals surface area contributed by atoms with Crippen molar-refractivity contribution in [1.29, 1.82) is 0 Å². The van der Waals surface area contributed by atoms with Gasteiger partial charge in [-0.15, -0.1) is 0 Å². The molecule has 0 saturated heterocycles. The molecule has 3 amide bonds. The van der Waals surface area contributed by atoms with Gasteiger partial charge in [-0.05, 0) is 42.8 Å². The van der Waals surface area contributed by atoms with Crippen molar-refractivity contribution in [3.8, 4) is 5.75 Å². The van der Waals surface area contributed by atoms with Gasteiger partial charge in [-0.3, -0.25) is 19.3 Å². The molecule has 0 atom stereocenters. The molecule has 0 unspecified atom stereocenters. The number of nitrogens with zero attached hydrogens (tertiary/aromatic N) is 1. The zero-order valence-electron chi connectivity index (χ0n) is 13.6. The fourth-order valence-electron chi connectivity index (χ4n) is 2.50. The minimum atomic E-state index is -0.400. The third-order valence-electron chi connectivity index (χ3n) is 3.82. The number of rotatable bonds is 4. The van der Waals surface area contributed by atoms with E-state index in [2.05, 4.69) is 5.32 Å². The molecule has 0 fully saturated rings.